The molecule has 1 aliphatic rings. The van der Waals surface area contributed by atoms with Crippen molar-refractivity contribution in [2.45, 2.75) is 45.1 Å². The number of nitrogens with two attached hydrogens (primary N) is 1. The van der Waals surface area contributed by atoms with E-state index in [-0.39, 0.29) is 6.10 Å². The van der Waals surface area contributed by atoms with Crippen LogP contribution in [0.25, 0.3) is 27.6 Å². The van der Waals surface area contributed by atoms with Gasteiger partial charge in [-0.25, -0.2) is 9.97 Å². The summed E-state index contributed by atoms with van der Waals surface area (Å²) in [6.07, 6.45) is 12.1. The highest BCUT2D eigenvalue weighted by atomic mass is 16.5. The molecule has 0 unspecified atom stereocenters. The van der Waals surface area contributed by atoms with Crippen molar-refractivity contribution in [3.05, 3.63) is 77.6 Å². The van der Waals surface area contributed by atoms with Crippen molar-refractivity contribution in [2.75, 3.05) is 44.8 Å². The summed E-state index contributed by atoms with van der Waals surface area (Å²) in [5.41, 5.74) is 14.8. The van der Waals surface area contributed by atoms with E-state index in [1.807, 2.05) is 12.4 Å². The van der Waals surface area contributed by atoms with Crippen molar-refractivity contribution < 1.29 is 4.74 Å². The molecule has 0 bridgehead atoms. The van der Waals surface area contributed by atoms with E-state index in [1.54, 1.807) is 0 Å². The van der Waals surface area contributed by atoms with Crippen LogP contribution >= 0.6 is 0 Å². The van der Waals surface area contributed by atoms with Gasteiger partial charge in [-0.15, -0.1) is 0 Å². The van der Waals surface area contributed by atoms with Crippen LogP contribution in [0.3, 0.4) is 0 Å². The summed E-state index contributed by atoms with van der Waals surface area (Å²) in [6.45, 7) is 4.79. The second-order valence-corrected chi connectivity index (χ2v) is 11.1. The van der Waals surface area contributed by atoms with Gasteiger partial charge >= 0.3 is 0 Å². The molecule has 0 saturated carbocycles. The average Bonchev–Trinajstić information content (AvgIpc) is 3.65. The minimum absolute atomic E-state index is 0.0154. The Hall–Kier alpha value is -4.08. The minimum atomic E-state index is 0.0154. The Balaban J connectivity index is 1.24. The SMILES string of the molecule is CCc1cc(NCCN(C)C)c2ccc(CCc3cncc(-n4cc([C@@H]5CCCO5)c5c(N)ncnc54)c3)cc2n1. The van der Waals surface area contributed by atoms with Crippen LogP contribution in [-0.4, -0.2) is 63.2 Å². The topological polar surface area (TPSA) is 107 Å². The third-order valence-electron chi connectivity index (χ3n) is 7.84. The van der Waals surface area contributed by atoms with Gasteiger partial charge in [0, 0.05) is 54.4 Å². The van der Waals surface area contributed by atoms with Crippen molar-refractivity contribution in [1.82, 2.24) is 29.4 Å². The monoisotopic (exact) mass is 550 g/mol. The van der Waals surface area contributed by atoms with Gasteiger partial charge in [0.1, 0.15) is 17.8 Å². The van der Waals surface area contributed by atoms with Crippen molar-refractivity contribution in [3.8, 4) is 5.69 Å². The van der Waals surface area contributed by atoms with Gasteiger partial charge in [-0.1, -0.05) is 19.1 Å². The summed E-state index contributed by atoms with van der Waals surface area (Å²) in [4.78, 5) is 20.5. The molecule has 5 aromatic rings. The predicted octanol–water partition coefficient (Wildman–Crippen LogP) is 5.12. The van der Waals surface area contributed by atoms with E-state index >= 15 is 0 Å². The fraction of sp³-hybridized carbons (Fsp3) is 0.375. The number of nitrogens with one attached hydrogen (secondary N) is 1. The molecule has 0 aliphatic carbocycles. The van der Waals surface area contributed by atoms with Gasteiger partial charge in [0.15, 0.2) is 0 Å². The average molecular weight is 551 g/mol. The molecule has 6 rings (SSSR count). The van der Waals surface area contributed by atoms with Gasteiger partial charge in [-0.05, 0) is 75.5 Å². The highest BCUT2D eigenvalue weighted by molar-refractivity contribution is 5.92. The number of hydrogen-bond acceptors (Lipinski definition) is 8. The summed E-state index contributed by atoms with van der Waals surface area (Å²) < 4.78 is 8.06. The molecular formula is C32H38N8O. The maximum absolute atomic E-state index is 6.31. The fourth-order valence-corrected chi connectivity index (χ4v) is 5.63. The zero-order chi connectivity index (χ0) is 28.3. The number of ether oxygens (including phenoxy) is 1. The lowest BCUT2D eigenvalue weighted by molar-refractivity contribution is 0.113. The first-order valence-corrected chi connectivity index (χ1v) is 14.5. The van der Waals surface area contributed by atoms with Crippen LogP contribution in [-0.2, 0) is 24.0 Å². The highest BCUT2D eigenvalue weighted by Crippen LogP contribution is 2.37. The van der Waals surface area contributed by atoms with Crippen LogP contribution in [0.15, 0.2) is 55.2 Å². The number of anilines is 2. The molecule has 9 nitrogen and oxygen atoms in total. The van der Waals surface area contributed by atoms with E-state index in [4.69, 9.17) is 15.5 Å². The van der Waals surface area contributed by atoms with Crippen LogP contribution in [0.1, 0.15) is 48.3 Å². The smallest absolute Gasteiger partial charge is 0.150 e. The molecule has 1 fully saturated rings. The van der Waals surface area contributed by atoms with Gasteiger partial charge in [0.25, 0.3) is 0 Å². The maximum atomic E-state index is 6.31. The molecule has 1 aliphatic heterocycles. The molecule has 1 saturated heterocycles. The third kappa shape index (κ3) is 5.73. The molecule has 41 heavy (non-hydrogen) atoms. The Morgan fingerprint density at radius 2 is 1.98 bits per heavy atom. The van der Waals surface area contributed by atoms with Gasteiger partial charge in [0.05, 0.1) is 28.9 Å². The zero-order valence-corrected chi connectivity index (χ0v) is 24.1. The van der Waals surface area contributed by atoms with E-state index in [1.165, 1.54) is 11.9 Å². The Morgan fingerprint density at radius 1 is 1.10 bits per heavy atom. The van der Waals surface area contributed by atoms with Crippen molar-refractivity contribution in [1.29, 1.82) is 0 Å². The zero-order valence-electron chi connectivity index (χ0n) is 24.1. The number of benzene rings is 1. The van der Waals surface area contributed by atoms with Gasteiger partial charge in [0.2, 0.25) is 0 Å². The normalized spacial score (nSPS) is 15.4. The second-order valence-electron chi connectivity index (χ2n) is 11.1. The van der Waals surface area contributed by atoms with E-state index in [2.05, 4.69) is 87.3 Å². The number of aryl methyl sites for hydroxylation is 3. The molecule has 4 aromatic heterocycles. The summed E-state index contributed by atoms with van der Waals surface area (Å²) >= 11 is 0. The van der Waals surface area contributed by atoms with Crippen molar-refractivity contribution in [3.63, 3.8) is 0 Å². The minimum Gasteiger partial charge on any atom is -0.383 e. The third-order valence-corrected chi connectivity index (χ3v) is 7.84. The molecule has 3 N–H and O–H groups in total. The Morgan fingerprint density at radius 3 is 2.78 bits per heavy atom. The Bertz CT molecular complexity index is 1670. The number of nitrogen functional groups attached to an aromatic ring is 1. The maximum Gasteiger partial charge on any atom is 0.150 e. The molecule has 0 amide bonds. The lowest BCUT2D eigenvalue weighted by Crippen LogP contribution is -2.21. The predicted molar refractivity (Wildman–Crippen MR) is 165 cm³/mol. The van der Waals surface area contributed by atoms with E-state index in [9.17, 15) is 0 Å². The van der Waals surface area contributed by atoms with Gasteiger partial charge < -0.3 is 20.7 Å². The highest BCUT2D eigenvalue weighted by Gasteiger charge is 2.25. The second kappa shape index (κ2) is 11.8. The van der Waals surface area contributed by atoms with Gasteiger partial charge in [-0.3, -0.25) is 14.5 Å². The van der Waals surface area contributed by atoms with Gasteiger partial charge in [-0.2, -0.15) is 0 Å². The number of pyridine rings is 2. The molecular weight excluding hydrogens is 512 g/mol. The van der Waals surface area contributed by atoms with Crippen LogP contribution in [0.5, 0.6) is 0 Å². The molecule has 1 aromatic carbocycles. The molecule has 212 valence electrons. The number of nitrogens with zero attached hydrogens (tertiary/aromatic N) is 6. The van der Waals surface area contributed by atoms with Crippen molar-refractivity contribution in [2.24, 2.45) is 0 Å². The lowest BCUT2D eigenvalue weighted by atomic mass is 10.0. The van der Waals surface area contributed by atoms with Crippen LogP contribution in [0, 0.1) is 0 Å². The number of likely N-dealkylation sites (N-methyl/N-ethyl adjacent to an activating group) is 1. The number of hydrogen-bond donors (Lipinski definition) is 2. The quantitative estimate of drug-likeness (QED) is 0.247. The first kappa shape index (κ1) is 27.1. The Labute approximate surface area is 240 Å². The summed E-state index contributed by atoms with van der Waals surface area (Å²) in [5, 5.41) is 5.65. The summed E-state index contributed by atoms with van der Waals surface area (Å²) in [5.74, 6) is 0.482. The van der Waals surface area contributed by atoms with Crippen LogP contribution in [0.4, 0.5) is 11.5 Å². The molecule has 0 radical (unpaired) electrons. The van der Waals surface area contributed by atoms with Crippen molar-refractivity contribution >= 4 is 33.4 Å². The van der Waals surface area contributed by atoms with Crippen LogP contribution in [0.2, 0.25) is 0 Å². The summed E-state index contributed by atoms with van der Waals surface area (Å²) in [6, 6.07) is 11.0. The first-order valence-electron chi connectivity index (χ1n) is 14.5. The number of rotatable bonds is 10. The lowest BCUT2D eigenvalue weighted by Gasteiger charge is -2.15. The molecule has 0 spiro atoms. The fourth-order valence-electron chi connectivity index (χ4n) is 5.63. The molecule has 9 heteroatoms. The van der Waals surface area contributed by atoms with E-state index < -0.39 is 0 Å². The molecule has 5 heterocycles. The van der Waals surface area contributed by atoms with Crippen LogP contribution < -0.4 is 11.1 Å². The standard InChI is InChI=1S/C32H38N8O/c1-4-23-16-27(35-11-12-39(2)3)25-10-9-21(15-28(25)38-23)7-8-22-14-24(18-34-17-22)40-19-26(29-6-5-13-41-29)30-31(33)36-20-37-32(30)40/h9-10,14-20,29H,4-8,11-13H2,1-3H3,(H,35,38)(H2,33,36,37)/t29-/m0/s1. The first-order chi connectivity index (χ1) is 20.0. The Kier molecular flexibility index (Phi) is 7.80. The summed E-state index contributed by atoms with van der Waals surface area (Å²) in [7, 11) is 4.18. The number of aromatic nitrogens is 5. The van der Waals surface area contributed by atoms with E-state index in [0.717, 1.165) is 102 Å². The number of fused-ring (bicyclic) bond motifs is 2. The molecule has 1 atom stereocenters. The largest absolute Gasteiger partial charge is 0.383 e. The van der Waals surface area contributed by atoms with E-state index in [0.29, 0.717) is 5.82 Å².